The standard InChI is InChI=1S/C15H27N3O2.ClH/c1-5-12-11(13(6-2)20-18-12)9-17-14(19)15(7-3,8-4)10-16;/h5-10,16H2,1-4H3,(H,17,19);1H. The molecule has 122 valence electrons. The molecule has 3 N–H and O–H groups in total. The third-order valence-corrected chi connectivity index (χ3v) is 4.26. The number of hydrogen-bond acceptors (Lipinski definition) is 4. The maximum absolute atomic E-state index is 12.4. The smallest absolute Gasteiger partial charge is 0.227 e. The van der Waals surface area contributed by atoms with Crippen LogP contribution in [-0.2, 0) is 24.2 Å². The number of carbonyl (C=O) groups excluding carboxylic acids is 1. The van der Waals surface area contributed by atoms with Crippen LogP contribution in [0.5, 0.6) is 0 Å². The Balaban J connectivity index is 0.00000400. The molecule has 1 aromatic rings. The molecule has 0 aliphatic rings. The molecule has 0 aliphatic carbocycles. The van der Waals surface area contributed by atoms with Crippen LogP contribution in [-0.4, -0.2) is 17.6 Å². The van der Waals surface area contributed by atoms with E-state index in [9.17, 15) is 4.79 Å². The van der Waals surface area contributed by atoms with Crippen LogP contribution >= 0.6 is 12.4 Å². The summed E-state index contributed by atoms with van der Waals surface area (Å²) in [6, 6.07) is 0. The van der Waals surface area contributed by atoms with Gasteiger partial charge in [0.1, 0.15) is 5.76 Å². The van der Waals surface area contributed by atoms with Crippen molar-refractivity contribution in [2.45, 2.75) is 59.9 Å². The maximum Gasteiger partial charge on any atom is 0.227 e. The highest BCUT2D eigenvalue weighted by Crippen LogP contribution is 2.25. The zero-order valence-electron chi connectivity index (χ0n) is 13.5. The number of halogens is 1. The number of carbonyl (C=O) groups is 1. The molecule has 0 radical (unpaired) electrons. The average molecular weight is 318 g/mol. The lowest BCUT2D eigenvalue weighted by atomic mass is 9.81. The molecule has 0 aliphatic heterocycles. The zero-order chi connectivity index (χ0) is 15.2. The van der Waals surface area contributed by atoms with E-state index >= 15 is 0 Å². The van der Waals surface area contributed by atoms with Gasteiger partial charge in [-0.1, -0.05) is 32.9 Å². The molecule has 1 rings (SSSR count). The van der Waals surface area contributed by atoms with E-state index in [-0.39, 0.29) is 18.3 Å². The molecule has 1 amide bonds. The van der Waals surface area contributed by atoms with Crippen molar-refractivity contribution in [3.8, 4) is 0 Å². The van der Waals surface area contributed by atoms with Crippen LogP contribution in [0.4, 0.5) is 0 Å². The number of nitrogens with zero attached hydrogens (tertiary/aromatic N) is 1. The minimum Gasteiger partial charge on any atom is -0.361 e. The molecule has 0 atom stereocenters. The molecule has 1 heterocycles. The topological polar surface area (TPSA) is 81.2 Å². The van der Waals surface area contributed by atoms with E-state index in [1.165, 1.54) is 0 Å². The Bertz CT molecular complexity index is 412. The summed E-state index contributed by atoms with van der Waals surface area (Å²) in [5, 5.41) is 7.06. The molecule has 0 unspecified atom stereocenters. The maximum atomic E-state index is 12.4. The van der Waals surface area contributed by atoms with Crippen molar-refractivity contribution in [3.63, 3.8) is 0 Å². The van der Waals surface area contributed by atoms with Crippen molar-refractivity contribution in [2.24, 2.45) is 11.1 Å². The lowest BCUT2D eigenvalue weighted by molar-refractivity contribution is -0.131. The quantitative estimate of drug-likeness (QED) is 0.772. The molecule has 0 aromatic carbocycles. The third-order valence-electron chi connectivity index (χ3n) is 4.26. The fourth-order valence-electron chi connectivity index (χ4n) is 2.45. The van der Waals surface area contributed by atoms with Gasteiger partial charge in [-0.25, -0.2) is 0 Å². The molecule has 0 saturated carbocycles. The highest BCUT2D eigenvalue weighted by Gasteiger charge is 2.33. The van der Waals surface area contributed by atoms with Crippen LogP contribution in [0.3, 0.4) is 0 Å². The van der Waals surface area contributed by atoms with E-state index in [1.807, 2.05) is 27.7 Å². The molecule has 0 saturated heterocycles. The van der Waals surface area contributed by atoms with Gasteiger partial charge >= 0.3 is 0 Å². The fraction of sp³-hybridized carbons (Fsp3) is 0.733. The summed E-state index contributed by atoms with van der Waals surface area (Å²) in [6.45, 7) is 8.90. The molecule has 0 bridgehead atoms. The lowest BCUT2D eigenvalue weighted by Crippen LogP contribution is -2.45. The third kappa shape index (κ3) is 4.20. The van der Waals surface area contributed by atoms with Crippen LogP contribution in [0.25, 0.3) is 0 Å². The van der Waals surface area contributed by atoms with Gasteiger partial charge in [0.15, 0.2) is 0 Å². The molecular weight excluding hydrogens is 290 g/mol. The van der Waals surface area contributed by atoms with E-state index in [1.54, 1.807) is 0 Å². The summed E-state index contributed by atoms with van der Waals surface area (Å²) < 4.78 is 5.31. The highest BCUT2D eigenvalue weighted by atomic mass is 35.5. The Hall–Kier alpha value is -1.07. The Morgan fingerprint density at radius 1 is 1.24 bits per heavy atom. The van der Waals surface area contributed by atoms with E-state index < -0.39 is 5.41 Å². The molecule has 0 fully saturated rings. The first-order valence-corrected chi connectivity index (χ1v) is 7.53. The van der Waals surface area contributed by atoms with E-state index in [0.717, 1.165) is 42.7 Å². The predicted octanol–water partition coefficient (Wildman–Crippen LogP) is 2.60. The van der Waals surface area contributed by atoms with Crippen LogP contribution in [0, 0.1) is 5.41 Å². The van der Waals surface area contributed by atoms with Crippen LogP contribution in [0.15, 0.2) is 4.52 Å². The second-order valence-corrected chi connectivity index (χ2v) is 5.11. The largest absolute Gasteiger partial charge is 0.361 e. The number of amides is 1. The summed E-state index contributed by atoms with van der Waals surface area (Å²) in [7, 11) is 0. The van der Waals surface area contributed by atoms with Gasteiger partial charge in [0.05, 0.1) is 11.1 Å². The van der Waals surface area contributed by atoms with Gasteiger partial charge in [-0.15, -0.1) is 12.4 Å². The fourth-order valence-corrected chi connectivity index (χ4v) is 2.45. The first-order valence-electron chi connectivity index (χ1n) is 7.53. The van der Waals surface area contributed by atoms with Gasteiger partial charge in [0, 0.05) is 25.1 Å². The van der Waals surface area contributed by atoms with Gasteiger partial charge < -0.3 is 15.6 Å². The van der Waals surface area contributed by atoms with Crippen molar-refractivity contribution < 1.29 is 9.32 Å². The lowest BCUT2D eigenvalue weighted by Gasteiger charge is -2.28. The van der Waals surface area contributed by atoms with Gasteiger partial charge in [-0.05, 0) is 19.3 Å². The van der Waals surface area contributed by atoms with Crippen LogP contribution in [0.1, 0.15) is 57.6 Å². The van der Waals surface area contributed by atoms with Gasteiger partial charge in [0.2, 0.25) is 5.91 Å². The predicted molar refractivity (Wildman–Crippen MR) is 86.4 cm³/mol. The first-order chi connectivity index (χ1) is 9.58. The van der Waals surface area contributed by atoms with E-state index in [0.29, 0.717) is 13.1 Å². The first kappa shape index (κ1) is 19.9. The van der Waals surface area contributed by atoms with Crippen molar-refractivity contribution >= 4 is 18.3 Å². The van der Waals surface area contributed by atoms with Crippen molar-refractivity contribution in [1.29, 1.82) is 0 Å². The summed E-state index contributed by atoms with van der Waals surface area (Å²) in [5.74, 6) is 0.879. The highest BCUT2D eigenvalue weighted by molar-refractivity contribution is 5.85. The molecule has 0 spiro atoms. The minimum atomic E-state index is -0.462. The number of rotatable bonds is 8. The Kier molecular flexibility index (Phi) is 8.59. The Morgan fingerprint density at radius 2 is 1.86 bits per heavy atom. The van der Waals surface area contributed by atoms with Crippen LogP contribution < -0.4 is 11.1 Å². The summed E-state index contributed by atoms with van der Waals surface area (Å²) >= 11 is 0. The minimum absolute atomic E-state index is 0. The normalized spacial score (nSPS) is 11.1. The van der Waals surface area contributed by atoms with Crippen molar-refractivity contribution in [1.82, 2.24) is 10.5 Å². The number of aryl methyl sites for hydroxylation is 2. The van der Waals surface area contributed by atoms with E-state index in [2.05, 4.69) is 10.5 Å². The Labute approximate surface area is 133 Å². The van der Waals surface area contributed by atoms with Gasteiger partial charge in [-0.2, -0.15) is 0 Å². The Morgan fingerprint density at radius 3 is 2.29 bits per heavy atom. The second kappa shape index (κ2) is 9.05. The zero-order valence-corrected chi connectivity index (χ0v) is 14.3. The monoisotopic (exact) mass is 317 g/mol. The number of nitrogens with one attached hydrogen (secondary N) is 1. The summed E-state index contributed by atoms with van der Waals surface area (Å²) in [6.07, 6.45) is 3.08. The average Bonchev–Trinajstić information content (AvgIpc) is 2.89. The SMILES string of the molecule is CCc1noc(CC)c1CNC(=O)C(CC)(CC)CN.Cl. The van der Waals surface area contributed by atoms with Gasteiger partial charge in [0.25, 0.3) is 0 Å². The van der Waals surface area contributed by atoms with E-state index in [4.69, 9.17) is 10.3 Å². The molecule has 21 heavy (non-hydrogen) atoms. The molecule has 1 aromatic heterocycles. The van der Waals surface area contributed by atoms with Crippen molar-refractivity contribution in [2.75, 3.05) is 6.54 Å². The number of hydrogen-bond donors (Lipinski definition) is 2. The van der Waals surface area contributed by atoms with Gasteiger partial charge in [-0.3, -0.25) is 4.79 Å². The molecule has 5 nitrogen and oxygen atoms in total. The van der Waals surface area contributed by atoms with Crippen molar-refractivity contribution in [3.05, 3.63) is 17.0 Å². The van der Waals surface area contributed by atoms with Crippen LogP contribution in [0.2, 0.25) is 0 Å². The summed E-state index contributed by atoms with van der Waals surface area (Å²) in [4.78, 5) is 12.4. The number of aromatic nitrogens is 1. The number of nitrogens with two attached hydrogens (primary N) is 1. The molecular formula is C15H28ClN3O2. The molecule has 6 heteroatoms. The second-order valence-electron chi connectivity index (χ2n) is 5.11. The summed E-state index contributed by atoms with van der Waals surface area (Å²) in [5.41, 5.74) is 7.28.